The average molecular weight is 242 g/mol. The monoisotopic (exact) mass is 241 g/mol. The lowest BCUT2D eigenvalue weighted by atomic mass is 10.3. The van der Waals surface area contributed by atoms with Crippen molar-refractivity contribution in [3.8, 4) is 0 Å². The van der Waals surface area contributed by atoms with E-state index in [1.165, 1.54) is 0 Å². The van der Waals surface area contributed by atoms with Crippen LogP contribution < -0.4 is 4.90 Å². The lowest BCUT2D eigenvalue weighted by molar-refractivity contribution is 0.0820. The second kappa shape index (κ2) is 5.46. The Balaban J connectivity index is 2.09. The van der Waals surface area contributed by atoms with Gasteiger partial charge in [0.05, 0.1) is 12.0 Å². The van der Waals surface area contributed by atoms with E-state index < -0.39 is 0 Å². The highest BCUT2D eigenvalue weighted by Gasteiger charge is 2.16. The summed E-state index contributed by atoms with van der Waals surface area (Å²) in [7, 11) is 0. The topological polar surface area (TPSA) is 38.2 Å². The molecular formula is C11H16ClN3O. The largest absolute Gasteiger partial charge is 0.377 e. The molecule has 5 heteroatoms. The van der Waals surface area contributed by atoms with Gasteiger partial charge in [0.2, 0.25) is 5.95 Å². The number of hydrogen-bond acceptors (Lipinski definition) is 4. The van der Waals surface area contributed by atoms with Crippen LogP contribution in [0.3, 0.4) is 0 Å². The zero-order chi connectivity index (χ0) is 11.4. The number of ether oxygens (including phenoxy) is 1. The lowest BCUT2D eigenvalue weighted by Gasteiger charge is -2.21. The van der Waals surface area contributed by atoms with Gasteiger partial charge < -0.3 is 9.64 Å². The van der Waals surface area contributed by atoms with E-state index in [9.17, 15) is 0 Å². The molecule has 1 atom stereocenters. The summed E-state index contributed by atoms with van der Waals surface area (Å²) in [6.07, 6.45) is 4.82. The second-order valence-electron chi connectivity index (χ2n) is 4.01. The molecule has 0 spiro atoms. The van der Waals surface area contributed by atoms with E-state index in [4.69, 9.17) is 16.3 Å². The van der Waals surface area contributed by atoms with Crippen LogP contribution in [0.15, 0.2) is 12.4 Å². The van der Waals surface area contributed by atoms with Crippen molar-refractivity contribution < 1.29 is 4.74 Å². The summed E-state index contributed by atoms with van der Waals surface area (Å²) in [6.45, 7) is 4.69. The van der Waals surface area contributed by atoms with Crippen molar-refractivity contribution in [3.63, 3.8) is 0 Å². The maximum atomic E-state index is 5.70. The van der Waals surface area contributed by atoms with Crippen LogP contribution in [0.1, 0.15) is 18.9 Å². The number of anilines is 1. The van der Waals surface area contributed by atoms with Gasteiger partial charge in [0.1, 0.15) is 0 Å². The SMILES string of the molecule is CC1CN(c2ncc(CCl)cn2)CCCO1. The third-order valence-corrected chi connectivity index (χ3v) is 2.89. The standard InChI is InChI=1S/C11H16ClN3O/c1-9-8-15(3-2-4-16-9)11-13-6-10(5-12)7-14-11/h6-7,9H,2-5,8H2,1H3. The predicted molar refractivity (Wildman–Crippen MR) is 63.8 cm³/mol. The van der Waals surface area contributed by atoms with Crippen molar-refractivity contribution in [2.75, 3.05) is 24.6 Å². The summed E-state index contributed by atoms with van der Waals surface area (Å²) in [5, 5.41) is 0. The molecule has 1 unspecified atom stereocenters. The Morgan fingerprint density at radius 2 is 2.25 bits per heavy atom. The highest BCUT2D eigenvalue weighted by Crippen LogP contribution is 2.13. The zero-order valence-corrected chi connectivity index (χ0v) is 10.2. The van der Waals surface area contributed by atoms with Crippen molar-refractivity contribution >= 4 is 17.5 Å². The minimum absolute atomic E-state index is 0.235. The minimum Gasteiger partial charge on any atom is -0.377 e. The molecule has 1 aliphatic rings. The molecule has 2 rings (SSSR count). The third kappa shape index (κ3) is 2.83. The Hall–Kier alpha value is -0.870. The highest BCUT2D eigenvalue weighted by atomic mass is 35.5. The Kier molecular flexibility index (Phi) is 3.96. The number of halogens is 1. The molecule has 0 aromatic carbocycles. The van der Waals surface area contributed by atoms with E-state index in [2.05, 4.69) is 21.8 Å². The molecule has 1 fully saturated rings. The van der Waals surface area contributed by atoms with E-state index in [1.807, 2.05) is 0 Å². The van der Waals surface area contributed by atoms with Crippen LogP contribution in [-0.4, -0.2) is 35.8 Å². The van der Waals surface area contributed by atoms with Crippen molar-refractivity contribution in [2.45, 2.75) is 25.3 Å². The molecule has 16 heavy (non-hydrogen) atoms. The molecule has 1 aromatic rings. The maximum Gasteiger partial charge on any atom is 0.225 e. The number of hydrogen-bond donors (Lipinski definition) is 0. The molecule has 0 N–H and O–H groups in total. The van der Waals surface area contributed by atoms with Crippen molar-refractivity contribution in [1.29, 1.82) is 0 Å². The number of rotatable bonds is 2. The van der Waals surface area contributed by atoms with Gasteiger partial charge in [-0.25, -0.2) is 9.97 Å². The fourth-order valence-corrected chi connectivity index (χ4v) is 1.89. The van der Waals surface area contributed by atoms with Crippen LogP contribution in [0.4, 0.5) is 5.95 Å². The first kappa shape index (κ1) is 11.6. The lowest BCUT2D eigenvalue weighted by Crippen LogP contribution is -2.31. The van der Waals surface area contributed by atoms with Crippen LogP contribution in [-0.2, 0) is 10.6 Å². The predicted octanol–water partition coefficient (Wildman–Crippen LogP) is 1.83. The first-order valence-electron chi connectivity index (χ1n) is 5.53. The van der Waals surface area contributed by atoms with Crippen molar-refractivity contribution in [3.05, 3.63) is 18.0 Å². The fraction of sp³-hybridized carbons (Fsp3) is 0.636. The van der Waals surface area contributed by atoms with Gasteiger partial charge in [-0.15, -0.1) is 11.6 Å². The van der Waals surface area contributed by atoms with Gasteiger partial charge in [-0.3, -0.25) is 0 Å². The molecular weight excluding hydrogens is 226 g/mol. The molecule has 0 radical (unpaired) electrons. The number of aromatic nitrogens is 2. The van der Waals surface area contributed by atoms with E-state index in [-0.39, 0.29) is 6.10 Å². The quantitative estimate of drug-likeness (QED) is 0.741. The summed E-state index contributed by atoms with van der Waals surface area (Å²) in [6, 6.07) is 0. The van der Waals surface area contributed by atoms with Gasteiger partial charge in [-0.2, -0.15) is 0 Å². The minimum atomic E-state index is 0.235. The van der Waals surface area contributed by atoms with E-state index in [1.54, 1.807) is 12.4 Å². The van der Waals surface area contributed by atoms with Gasteiger partial charge in [0, 0.05) is 37.7 Å². The molecule has 0 bridgehead atoms. The van der Waals surface area contributed by atoms with Crippen LogP contribution in [0, 0.1) is 0 Å². The van der Waals surface area contributed by atoms with Gasteiger partial charge in [0.25, 0.3) is 0 Å². The summed E-state index contributed by atoms with van der Waals surface area (Å²) >= 11 is 5.70. The molecule has 1 aliphatic heterocycles. The molecule has 1 saturated heterocycles. The second-order valence-corrected chi connectivity index (χ2v) is 4.27. The molecule has 0 aliphatic carbocycles. The molecule has 0 amide bonds. The van der Waals surface area contributed by atoms with Gasteiger partial charge >= 0.3 is 0 Å². The normalized spacial score (nSPS) is 21.9. The Morgan fingerprint density at radius 1 is 1.50 bits per heavy atom. The summed E-state index contributed by atoms with van der Waals surface area (Å²) in [5.74, 6) is 1.23. The van der Waals surface area contributed by atoms with Crippen molar-refractivity contribution in [1.82, 2.24) is 9.97 Å². The number of nitrogens with zero attached hydrogens (tertiary/aromatic N) is 3. The van der Waals surface area contributed by atoms with Crippen molar-refractivity contribution in [2.24, 2.45) is 0 Å². The van der Waals surface area contributed by atoms with E-state index >= 15 is 0 Å². The molecule has 1 aromatic heterocycles. The Labute approximate surface area is 101 Å². The summed E-state index contributed by atoms with van der Waals surface area (Å²) < 4.78 is 5.58. The summed E-state index contributed by atoms with van der Waals surface area (Å²) in [5.41, 5.74) is 0.949. The van der Waals surface area contributed by atoms with E-state index in [0.717, 1.165) is 37.6 Å². The van der Waals surface area contributed by atoms with E-state index in [0.29, 0.717) is 5.88 Å². The van der Waals surface area contributed by atoms with Crippen LogP contribution in [0.25, 0.3) is 0 Å². The first-order chi connectivity index (χ1) is 7.79. The molecule has 0 saturated carbocycles. The van der Waals surface area contributed by atoms with Crippen LogP contribution in [0.5, 0.6) is 0 Å². The van der Waals surface area contributed by atoms with Gasteiger partial charge in [-0.1, -0.05) is 0 Å². The number of alkyl halides is 1. The molecule has 88 valence electrons. The Bertz CT molecular complexity index is 331. The molecule has 4 nitrogen and oxygen atoms in total. The Morgan fingerprint density at radius 3 is 2.94 bits per heavy atom. The average Bonchev–Trinajstić information content (AvgIpc) is 2.54. The van der Waals surface area contributed by atoms with Gasteiger partial charge in [0.15, 0.2) is 0 Å². The zero-order valence-electron chi connectivity index (χ0n) is 9.40. The first-order valence-corrected chi connectivity index (χ1v) is 6.06. The van der Waals surface area contributed by atoms with Gasteiger partial charge in [-0.05, 0) is 13.3 Å². The smallest absolute Gasteiger partial charge is 0.225 e. The maximum absolute atomic E-state index is 5.70. The highest BCUT2D eigenvalue weighted by molar-refractivity contribution is 6.17. The fourth-order valence-electron chi connectivity index (χ4n) is 1.76. The van der Waals surface area contributed by atoms with Crippen LogP contribution >= 0.6 is 11.6 Å². The third-order valence-electron chi connectivity index (χ3n) is 2.58. The van der Waals surface area contributed by atoms with Crippen LogP contribution in [0.2, 0.25) is 0 Å². The molecule has 2 heterocycles. The summed E-state index contributed by atoms with van der Waals surface area (Å²) in [4.78, 5) is 10.8.